The molecule has 116 valence electrons. The molecule has 0 radical (unpaired) electrons. The second-order valence-corrected chi connectivity index (χ2v) is 5.90. The zero-order valence-electron chi connectivity index (χ0n) is 12.7. The number of hydrogen-bond acceptors (Lipinski definition) is 4. The molecule has 1 amide bonds. The van der Waals surface area contributed by atoms with E-state index in [0.29, 0.717) is 11.7 Å². The lowest BCUT2D eigenvalue weighted by Gasteiger charge is -2.11. The molecule has 1 fully saturated rings. The van der Waals surface area contributed by atoms with Crippen LogP contribution in [0.5, 0.6) is 0 Å². The number of rotatable bonds is 5. The monoisotopic (exact) mass is 301 g/mol. The molecule has 0 saturated heterocycles. The Hall–Kier alpha value is -2.30. The van der Waals surface area contributed by atoms with Gasteiger partial charge in [0.25, 0.3) is 5.91 Å². The van der Waals surface area contributed by atoms with Crippen molar-refractivity contribution in [3.63, 3.8) is 0 Å². The van der Waals surface area contributed by atoms with Crippen molar-refractivity contribution in [2.45, 2.75) is 26.3 Å². The molecule has 5 heteroatoms. The van der Waals surface area contributed by atoms with Crippen LogP contribution in [-0.2, 0) is 14.3 Å². The Labute approximate surface area is 128 Å². The summed E-state index contributed by atoms with van der Waals surface area (Å²) in [7, 11) is 0. The average molecular weight is 301 g/mol. The number of benzene rings is 1. The van der Waals surface area contributed by atoms with Crippen molar-refractivity contribution in [1.29, 1.82) is 0 Å². The van der Waals surface area contributed by atoms with E-state index >= 15 is 0 Å². The number of para-hydroxylation sites is 1. The van der Waals surface area contributed by atoms with Crippen molar-refractivity contribution in [3.05, 3.63) is 36.1 Å². The van der Waals surface area contributed by atoms with E-state index in [1.54, 1.807) is 0 Å². The minimum atomic E-state index is -0.324. The molecule has 2 aromatic rings. The molecule has 0 spiro atoms. The number of ether oxygens (including phenoxy) is 1. The molecule has 1 aromatic heterocycles. The second kappa shape index (κ2) is 5.83. The largest absolute Gasteiger partial charge is 0.459 e. The van der Waals surface area contributed by atoms with Crippen LogP contribution in [0.2, 0.25) is 0 Å². The predicted molar refractivity (Wildman–Crippen MR) is 81.0 cm³/mol. The molecule has 1 aromatic carbocycles. The van der Waals surface area contributed by atoms with Gasteiger partial charge in [-0.3, -0.25) is 9.59 Å². The van der Waals surface area contributed by atoms with Gasteiger partial charge in [-0.2, -0.15) is 0 Å². The Morgan fingerprint density at radius 1 is 1.41 bits per heavy atom. The highest BCUT2D eigenvalue weighted by atomic mass is 16.5. The van der Waals surface area contributed by atoms with Gasteiger partial charge in [0.05, 0.1) is 12.0 Å². The first-order valence-corrected chi connectivity index (χ1v) is 7.49. The van der Waals surface area contributed by atoms with E-state index in [0.717, 1.165) is 17.4 Å². The SMILES string of the molecule is C[C@H](NC(=O)COC(=O)[C@H]1C[C@@H]1C)c1cc2ccccc2o1. The number of esters is 1. The molecule has 22 heavy (non-hydrogen) atoms. The van der Waals surface area contributed by atoms with Crippen LogP contribution < -0.4 is 5.32 Å². The van der Waals surface area contributed by atoms with Crippen LogP contribution >= 0.6 is 0 Å². The number of nitrogens with one attached hydrogen (secondary N) is 1. The summed E-state index contributed by atoms with van der Waals surface area (Å²) in [5.74, 6) is 0.427. The summed E-state index contributed by atoms with van der Waals surface area (Å²) < 4.78 is 10.7. The van der Waals surface area contributed by atoms with Crippen LogP contribution in [0.4, 0.5) is 0 Å². The van der Waals surface area contributed by atoms with Gasteiger partial charge in [0.2, 0.25) is 0 Å². The molecule has 1 saturated carbocycles. The van der Waals surface area contributed by atoms with Gasteiger partial charge in [-0.1, -0.05) is 25.1 Å². The highest BCUT2D eigenvalue weighted by molar-refractivity contribution is 5.83. The van der Waals surface area contributed by atoms with E-state index in [1.807, 2.05) is 44.2 Å². The lowest BCUT2D eigenvalue weighted by Crippen LogP contribution is -2.31. The Bertz CT molecular complexity index is 673. The van der Waals surface area contributed by atoms with E-state index in [1.165, 1.54) is 0 Å². The smallest absolute Gasteiger partial charge is 0.309 e. The van der Waals surface area contributed by atoms with Crippen molar-refractivity contribution in [2.24, 2.45) is 11.8 Å². The number of fused-ring (bicyclic) bond motifs is 1. The number of carbonyl (C=O) groups excluding carboxylic acids is 2. The normalized spacial score (nSPS) is 21.4. The van der Waals surface area contributed by atoms with Crippen LogP contribution in [0.3, 0.4) is 0 Å². The zero-order chi connectivity index (χ0) is 15.7. The number of amides is 1. The van der Waals surface area contributed by atoms with E-state index in [4.69, 9.17) is 9.15 Å². The standard InChI is InChI=1S/C17H19NO4/c1-10-7-13(10)17(20)21-9-16(19)18-11(2)15-8-12-5-3-4-6-14(12)22-15/h3-6,8,10-11,13H,7,9H2,1-2H3,(H,18,19)/t10-,11-,13-/m0/s1. The van der Waals surface area contributed by atoms with E-state index in [-0.39, 0.29) is 30.4 Å². The van der Waals surface area contributed by atoms with Crippen LogP contribution in [-0.4, -0.2) is 18.5 Å². The Morgan fingerprint density at radius 2 is 2.14 bits per heavy atom. The number of carbonyl (C=O) groups is 2. The van der Waals surface area contributed by atoms with Crippen LogP contribution in [0.15, 0.2) is 34.7 Å². The molecule has 1 N–H and O–H groups in total. The van der Waals surface area contributed by atoms with Crippen molar-refractivity contribution < 1.29 is 18.7 Å². The minimum Gasteiger partial charge on any atom is -0.459 e. The molecule has 3 atom stereocenters. The molecule has 1 heterocycles. The fourth-order valence-electron chi connectivity index (χ4n) is 2.46. The summed E-state index contributed by atoms with van der Waals surface area (Å²) in [4.78, 5) is 23.4. The maximum Gasteiger partial charge on any atom is 0.309 e. The average Bonchev–Trinajstić information content (AvgIpc) is 3.07. The van der Waals surface area contributed by atoms with Gasteiger partial charge < -0.3 is 14.5 Å². The summed E-state index contributed by atoms with van der Waals surface area (Å²) >= 11 is 0. The van der Waals surface area contributed by atoms with Gasteiger partial charge in [-0.15, -0.1) is 0 Å². The molecule has 0 bridgehead atoms. The molecule has 0 unspecified atom stereocenters. The molecular formula is C17H19NO4. The summed E-state index contributed by atoms with van der Waals surface area (Å²) in [6.45, 7) is 3.59. The van der Waals surface area contributed by atoms with Crippen molar-refractivity contribution in [1.82, 2.24) is 5.32 Å². The van der Waals surface area contributed by atoms with Crippen molar-refractivity contribution in [2.75, 3.05) is 6.61 Å². The molecule has 1 aliphatic rings. The lowest BCUT2D eigenvalue weighted by molar-refractivity contribution is -0.150. The first-order chi connectivity index (χ1) is 10.5. The predicted octanol–water partition coefficient (Wildman–Crippen LogP) is 2.81. The van der Waals surface area contributed by atoms with Crippen LogP contribution in [0, 0.1) is 11.8 Å². The minimum absolute atomic E-state index is 0.0272. The summed E-state index contributed by atoms with van der Waals surface area (Å²) in [5.41, 5.74) is 0.785. The van der Waals surface area contributed by atoms with E-state index in [2.05, 4.69) is 5.32 Å². The maximum absolute atomic E-state index is 11.8. The van der Waals surface area contributed by atoms with Crippen molar-refractivity contribution >= 4 is 22.8 Å². The number of furan rings is 1. The third-order valence-electron chi connectivity index (χ3n) is 4.01. The van der Waals surface area contributed by atoms with Crippen molar-refractivity contribution in [3.8, 4) is 0 Å². The highest BCUT2D eigenvalue weighted by Crippen LogP contribution is 2.38. The highest BCUT2D eigenvalue weighted by Gasteiger charge is 2.40. The van der Waals surface area contributed by atoms with E-state index in [9.17, 15) is 9.59 Å². The molecular weight excluding hydrogens is 282 g/mol. The summed E-state index contributed by atoms with van der Waals surface area (Å²) in [6, 6.07) is 9.29. The van der Waals surface area contributed by atoms with Gasteiger partial charge in [0, 0.05) is 5.39 Å². The van der Waals surface area contributed by atoms with Gasteiger partial charge in [0.15, 0.2) is 6.61 Å². The molecule has 3 rings (SSSR count). The van der Waals surface area contributed by atoms with E-state index < -0.39 is 0 Å². The maximum atomic E-state index is 11.8. The summed E-state index contributed by atoms with van der Waals surface area (Å²) in [6.07, 6.45) is 0.857. The first kappa shape index (κ1) is 14.6. The fourth-order valence-corrected chi connectivity index (χ4v) is 2.46. The third kappa shape index (κ3) is 3.13. The molecule has 1 aliphatic carbocycles. The fraction of sp³-hybridized carbons (Fsp3) is 0.412. The van der Waals surface area contributed by atoms with Gasteiger partial charge in [-0.25, -0.2) is 0 Å². The second-order valence-electron chi connectivity index (χ2n) is 5.90. The topological polar surface area (TPSA) is 68.5 Å². The van der Waals surface area contributed by atoms with Gasteiger partial charge >= 0.3 is 5.97 Å². The first-order valence-electron chi connectivity index (χ1n) is 7.49. The van der Waals surface area contributed by atoms with Crippen LogP contribution in [0.25, 0.3) is 11.0 Å². The Kier molecular flexibility index (Phi) is 3.88. The number of hydrogen-bond donors (Lipinski definition) is 1. The Balaban J connectivity index is 1.53. The van der Waals surface area contributed by atoms with Gasteiger partial charge in [0.1, 0.15) is 11.3 Å². The lowest BCUT2D eigenvalue weighted by atomic mass is 10.2. The Morgan fingerprint density at radius 3 is 2.82 bits per heavy atom. The zero-order valence-corrected chi connectivity index (χ0v) is 12.7. The molecule has 5 nitrogen and oxygen atoms in total. The molecule has 0 aliphatic heterocycles. The van der Waals surface area contributed by atoms with Crippen LogP contribution in [0.1, 0.15) is 32.1 Å². The summed E-state index contributed by atoms with van der Waals surface area (Å²) in [5, 5.41) is 3.77. The van der Waals surface area contributed by atoms with Gasteiger partial charge in [-0.05, 0) is 31.4 Å². The third-order valence-corrected chi connectivity index (χ3v) is 4.01. The quantitative estimate of drug-likeness (QED) is 0.862.